The summed E-state index contributed by atoms with van der Waals surface area (Å²) < 4.78 is 18.4. The molecule has 0 aliphatic carbocycles. The number of rotatable bonds is 4. The summed E-state index contributed by atoms with van der Waals surface area (Å²) in [6.07, 6.45) is 5.23. The molecule has 0 N–H and O–H groups in total. The number of carbonyl (C=O) groups is 2. The molecule has 1 fully saturated rings. The van der Waals surface area contributed by atoms with Crippen molar-refractivity contribution in [2.75, 3.05) is 20.2 Å². The van der Waals surface area contributed by atoms with Crippen LogP contribution in [0, 0.1) is 5.92 Å². The number of hydrogen-bond donors (Lipinski definition) is 0. The zero-order valence-corrected chi connectivity index (χ0v) is 18.0. The molecular formula is C23H24N4O5. The van der Waals surface area contributed by atoms with Crippen molar-refractivity contribution in [2.45, 2.75) is 25.4 Å². The highest BCUT2D eigenvalue weighted by Crippen LogP contribution is 2.35. The Morgan fingerprint density at radius 1 is 1.28 bits per heavy atom. The van der Waals surface area contributed by atoms with Crippen molar-refractivity contribution in [1.82, 2.24) is 19.8 Å². The topological polar surface area (TPSA) is 99.7 Å². The molecule has 0 radical (unpaired) electrons. The average molecular weight is 436 g/mol. The van der Waals surface area contributed by atoms with E-state index in [1.807, 2.05) is 7.05 Å². The molecular weight excluding hydrogens is 412 g/mol. The first-order valence-electron chi connectivity index (χ1n) is 10.6. The van der Waals surface area contributed by atoms with Gasteiger partial charge in [-0.05, 0) is 31.0 Å². The van der Waals surface area contributed by atoms with E-state index in [0.717, 1.165) is 18.4 Å². The minimum absolute atomic E-state index is 0.0382. The highest BCUT2D eigenvalue weighted by molar-refractivity contribution is 6.00. The molecule has 2 aliphatic rings. The molecule has 32 heavy (non-hydrogen) atoms. The molecule has 0 spiro atoms. The molecule has 1 amide bonds. The van der Waals surface area contributed by atoms with Crippen molar-refractivity contribution in [3.05, 3.63) is 47.9 Å². The van der Waals surface area contributed by atoms with Gasteiger partial charge in [0.05, 0.1) is 24.4 Å². The first-order chi connectivity index (χ1) is 15.5. The number of carbonyl (C=O) groups excluding carboxylic acids is 2. The van der Waals surface area contributed by atoms with E-state index in [0.29, 0.717) is 42.3 Å². The smallest absolute Gasteiger partial charge is 0.276 e. The van der Waals surface area contributed by atoms with Crippen LogP contribution in [0.2, 0.25) is 0 Å². The number of Topliss-reactive ketones (excluding diaryl/α,β-unsaturated/α-hetero) is 1. The lowest BCUT2D eigenvalue weighted by molar-refractivity contribution is 0.0403. The normalized spacial score (nSPS) is 20.6. The van der Waals surface area contributed by atoms with Crippen LogP contribution in [0.3, 0.4) is 0 Å². The fraction of sp³-hybridized carbons (Fsp3) is 0.391. The molecule has 2 unspecified atom stereocenters. The minimum Gasteiger partial charge on any atom is -0.497 e. The van der Waals surface area contributed by atoms with Crippen molar-refractivity contribution in [2.24, 2.45) is 13.0 Å². The number of ketones is 1. The molecule has 2 atom stereocenters. The maximum absolute atomic E-state index is 13.1. The maximum atomic E-state index is 13.1. The van der Waals surface area contributed by atoms with E-state index in [4.69, 9.17) is 14.0 Å². The van der Waals surface area contributed by atoms with Crippen molar-refractivity contribution in [3.63, 3.8) is 0 Å². The van der Waals surface area contributed by atoms with Gasteiger partial charge >= 0.3 is 0 Å². The third-order valence-corrected chi connectivity index (χ3v) is 6.14. The highest BCUT2D eigenvalue weighted by atomic mass is 16.5. The summed E-state index contributed by atoms with van der Waals surface area (Å²) in [4.78, 5) is 27.6. The van der Waals surface area contributed by atoms with Gasteiger partial charge in [-0.2, -0.15) is 5.10 Å². The lowest BCUT2D eigenvalue weighted by Crippen LogP contribution is -2.46. The van der Waals surface area contributed by atoms with Crippen LogP contribution in [0.1, 0.15) is 40.1 Å². The number of nitrogens with zero attached hydrogens (tertiary/aromatic N) is 4. The summed E-state index contributed by atoms with van der Waals surface area (Å²) in [5, 5.41) is 8.09. The Balaban J connectivity index is 1.29. The zero-order valence-electron chi connectivity index (χ0n) is 18.0. The fourth-order valence-electron chi connectivity index (χ4n) is 4.44. The van der Waals surface area contributed by atoms with E-state index in [2.05, 4.69) is 10.3 Å². The van der Waals surface area contributed by atoms with Crippen LogP contribution in [0.5, 0.6) is 11.5 Å². The summed E-state index contributed by atoms with van der Waals surface area (Å²) >= 11 is 0. The summed E-state index contributed by atoms with van der Waals surface area (Å²) in [5.41, 5.74) is 1.58. The Morgan fingerprint density at radius 3 is 2.94 bits per heavy atom. The molecule has 4 heterocycles. The van der Waals surface area contributed by atoms with Crippen LogP contribution in [0.25, 0.3) is 11.3 Å². The Morgan fingerprint density at radius 2 is 2.16 bits per heavy atom. The molecule has 1 saturated heterocycles. The first-order valence-corrected chi connectivity index (χ1v) is 10.6. The van der Waals surface area contributed by atoms with E-state index in [1.54, 1.807) is 53.4 Å². The van der Waals surface area contributed by atoms with Gasteiger partial charge in [-0.15, -0.1) is 0 Å². The number of piperidine rings is 1. The number of hydrogen-bond acceptors (Lipinski definition) is 7. The lowest BCUT2D eigenvalue weighted by Gasteiger charge is -2.38. The second kappa shape index (κ2) is 8.14. The average Bonchev–Trinajstić information content (AvgIpc) is 3.47. The molecule has 5 rings (SSSR count). The molecule has 9 heteroatoms. The van der Waals surface area contributed by atoms with Crippen LogP contribution < -0.4 is 9.47 Å². The van der Waals surface area contributed by atoms with E-state index < -0.39 is 0 Å². The monoisotopic (exact) mass is 436 g/mol. The third kappa shape index (κ3) is 3.74. The van der Waals surface area contributed by atoms with Crippen LogP contribution in [-0.2, 0) is 7.05 Å². The minimum atomic E-state index is -0.262. The van der Waals surface area contributed by atoms with Crippen molar-refractivity contribution in [3.8, 4) is 22.8 Å². The van der Waals surface area contributed by atoms with Gasteiger partial charge < -0.3 is 18.9 Å². The summed E-state index contributed by atoms with van der Waals surface area (Å²) in [7, 11) is 3.38. The van der Waals surface area contributed by atoms with Crippen LogP contribution in [0.15, 0.2) is 41.2 Å². The SMILES string of the molecule is COc1ccc2c(c1)C(=O)CC(C1CCCN(C(=O)c3cc(-c4cnn(C)c4)on3)C1)O2. The van der Waals surface area contributed by atoms with Gasteiger partial charge in [-0.3, -0.25) is 14.3 Å². The summed E-state index contributed by atoms with van der Waals surface area (Å²) in [6.45, 7) is 1.15. The van der Waals surface area contributed by atoms with Crippen molar-refractivity contribution < 1.29 is 23.6 Å². The molecule has 166 valence electrons. The predicted octanol–water partition coefficient (Wildman–Crippen LogP) is 2.97. The number of ether oxygens (including phenoxy) is 2. The van der Waals surface area contributed by atoms with Crippen molar-refractivity contribution >= 4 is 11.7 Å². The predicted molar refractivity (Wildman–Crippen MR) is 114 cm³/mol. The van der Waals surface area contributed by atoms with Crippen LogP contribution in [-0.4, -0.2) is 57.8 Å². The van der Waals surface area contributed by atoms with Crippen molar-refractivity contribution in [1.29, 1.82) is 0 Å². The molecule has 3 aromatic rings. The number of amides is 1. The van der Waals surface area contributed by atoms with E-state index in [1.165, 1.54) is 0 Å². The number of likely N-dealkylation sites (tertiary alicyclic amines) is 1. The fourth-order valence-corrected chi connectivity index (χ4v) is 4.44. The van der Waals surface area contributed by atoms with E-state index in [-0.39, 0.29) is 29.4 Å². The molecule has 9 nitrogen and oxygen atoms in total. The van der Waals surface area contributed by atoms with E-state index >= 15 is 0 Å². The van der Waals surface area contributed by atoms with Gasteiger partial charge in [-0.25, -0.2) is 0 Å². The quantitative estimate of drug-likeness (QED) is 0.620. The Hall–Kier alpha value is -3.62. The zero-order chi connectivity index (χ0) is 22.2. The largest absolute Gasteiger partial charge is 0.497 e. The number of aryl methyl sites for hydroxylation is 1. The van der Waals surface area contributed by atoms with Gasteiger partial charge in [0, 0.05) is 44.7 Å². The third-order valence-electron chi connectivity index (χ3n) is 6.14. The van der Waals surface area contributed by atoms with Gasteiger partial charge in [0.2, 0.25) is 0 Å². The van der Waals surface area contributed by atoms with Gasteiger partial charge in [0.15, 0.2) is 17.2 Å². The summed E-state index contributed by atoms with van der Waals surface area (Å²) in [6, 6.07) is 6.93. The Kier molecular flexibility index (Phi) is 5.16. The van der Waals surface area contributed by atoms with Crippen LogP contribution in [0.4, 0.5) is 0 Å². The van der Waals surface area contributed by atoms with Gasteiger partial charge in [-0.1, -0.05) is 5.16 Å². The standard InChI is InChI=1S/C23H24N4O5/c1-26-12-15(11-24-26)22-9-18(25-32-22)23(29)27-7-3-4-14(13-27)21-10-19(28)17-8-16(30-2)5-6-20(17)31-21/h5-6,8-9,11-12,14,21H,3-4,7,10,13H2,1-2H3. The molecule has 2 aliphatic heterocycles. The Bertz CT molecular complexity index is 1170. The second-order valence-corrected chi connectivity index (χ2v) is 8.28. The highest BCUT2D eigenvalue weighted by Gasteiger charge is 2.36. The first kappa shape index (κ1) is 20.3. The molecule has 0 bridgehead atoms. The second-order valence-electron chi connectivity index (χ2n) is 8.28. The lowest BCUT2D eigenvalue weighted by atomic mass is 9.86. The van der Waals surface area contributed by atoms with Gasteiger partial charge in [0.25, 0.3) is 5.91 Å². The number of methoxy groups -OCH3 is 1. The maximum Gasteiger partial charge on any atom is 0.276 e. The van der Waals surface area contributed by atoms with Crippen LogP contribution >= 0.6 is 0 Å². The number of aromatic nitrogens is 3. The molecule has 1 aromatic carbocycles. The number of fused-ring (bicyclic) bond motifs is 1. The Labute approximate surface area is 184 Å². The molecule has 2 aromatic heterocycles. The number of benzene rings is 1. The van der Waals surface area contributed by atoms with Gasteiger partial charge in [0.1, 0.15) is 17.6 Å². The van der Waals surface area contributed by atoms with E-state index in [9.17, 15) is 9.59 Å². The summed E-state index contributed by atoms with van der Waals surface area (Å²) in [5.74, 6) is 1.64. The molecule has 0 saturated carbocycles.